The number of carbonyl (C=O) groups is 6. The van der Waals surface area contributed by atoms with E-state index in [2.05, 4.69) is 47.8 Å². The number of benzene rings is 2. The van der Waals surface area contributed by atoms with E-state index >= 15 is 0 Å². The summed E-state index contributed by atoms with van der Waals surface area (Å²) in [4.78, 5) is 108. The summed E-state index contributed by atoms with van der Waals surface area (Å²) < 4.78 is 28.3. The molecule has 3 amide bonds. The van der Waals surface area contributed by atoms with Gasteiger partial charge < -0.3 is 31.1 Å². The van der Waals surface area contributed by atoms with Crippen molar-refractivity contribution < 1.29 is 57.1 Å². The van der Waals surface area contributed by atoms with Crippen molar-refractivity contribution in [3.63, 3.8) is 0 Å². The molecule has 0 saturated carbocycles. The maximum absolute atomic E-state index is 14.4. The van der Waals surface area contributed by atoms with Crippen LogP contribution in [-0.2, 0) is 55.2 Å². The molecule has 0 spiro atoms. The number of fused-ring (bicyclic) bond motifs is 1. The standard InChI is InChI=1S/C44H54N9O13P/c1-5-32-34(40(58)45-21-11-12-22-66-67(63,64-6-2)65-7-3)35(37(26(4)54)53(32)25-27-13-9-8-10-14-27)41(59)51-44-50-38-36(42(60)52-44)48-30(24-47-38)23-46-29-17-15-28(16-18-29)39(57)49-31(43(61)62)19-20-33(55)56/h5,8-10,13-18,24,31-32,34-35,37,46H,1,6-7,11-12,19-23,25H2,2-4H3,(H,45,58)(H,49,57)(H,55,56)(H,61,62)(H2,47,50,51,52,59,60)/t31-,32+,34?,35?,37-/m1/s1. The van der Waals surface area contributed by atoms with Gasteiger partial charge in [-0.3, -0.25) is 52.6 Å². The Kier molecular flexibility index (Phi) is 18.5. The monoisotopic (exact) mass is 947 g/mol. The summed E-state index contributed by atoms with van der Waals surface area (Å²) in [5, 5.41) is 29.1. The molecule has 1 fully saturated rings. The highest BCUT2D eigenvalue weighted by atomic mass is 31.2. The Morgan fingerprint density at radius 3 is 2.27 bits per heavy atom. The zero-order valence-electron chi connectivity index (χ0n) is 37.1. The van der Waals surface area contributed by atoms with Gasteiger partial charge in [0.15, 0.2) is 11.2 Å². The number of anilines is 2. The smallest absolute Gasteiger partial charge is 0.474 e. The van der Waals surface area contributed by atoms with Crippen LogP contribution < -0.4 is 26.8 Å². The molecule has 0 bridgehead atoms. The van der Waals surface area contributed by atoms with E-state index in [0.717, 1.165) is 5.56 Å². The second-order valence-corrected chi connectivity index (χ2v) is 16.9. The van der Waals surface area contributed by atoms with E-state index in [-0.39, 0.29) is 74.3 Å². The van der Waals surface area contributed by atoms with Gasteiger partial charge in [-0.25, -0.2) is 19.3 Å². The minimum atomic E-state index is -3.71. The largest absolute Gasteiger partial charge is 0.481 e. The molecule has 2 aromatic carbocycles. The molecule has 5 rings (SSSR count). The summed E-state index contributed by atoms with van der Waals surface area (Å²) in [6.45, 7) is 9.37. The molecule has 67 heavy (non-hydrogen) atoms. The highest BCUT2D eigenvalue weighted by Gasteiger charge is 2.55. The Bertz CT molecular complexity index is 2520. The molecule has 4 aromatic rings. The number of carboxylic acid groups (broad SMARTS) is 2. The summed E-state index contributed by atoms with van der Waals surface area (Å²) in [5.41, 5.74) is 0.820. The number of phosphoric acid groups is 1. The lowest BCUT2D eigenvalue weighted by atomic mass is 9.84. The molecule has 1 aliphatic heterocycles. The minimum Gasteiger partial charge on any atom is -0.481 e. The number of aliphatic carboxylic acids is 2. The number of Topliss-reactive ketones (excluding diaryl/α,β-unsaturated/α-hetero) is 1. The predicted octanol–water partition coefficient (Wildman–Crippen LogP) is 3.67. The molecule has 1 saturated heterocycles. The van der Waals surface area contributed by atoms with Crippen LogP contribution in [0, 0.1) is 11.8 Å². The van der Waals surface area contributed by atoms with E-state index in [4.69, 9.17) is 18.7 Å². The highest BCUT2D eigenvalue weighted by Crippen LogP contribution is 2.49. The van der Waals surface area contributed by atoms with Crippen LogP contribution in [0.3, 0.4) is 0 Å². The maximum Gasteiger partial charge on any atom is 0.474 e. The number of carboxylic acids is 2. The van der Waals surface area contributed by atoms with E-state index in [0.29, 0.717) is 24.2 Å². The summed E-state index contributed by atoms with van der Waals surface area (Å²) in [5.74, 6) is -7.60. The summed E-state index contributed by atoms with van der Waals surface area (Å²) >= 11 is 0. The number of rotatable bonds is 26. The van der Waals surface area contributed by atoms with Crippen LogP contribution in [0.15, 0.2) is 78.2 Å². The zero-order valence-corrected chi connectivity index (χ0v) is 38.0. The zero-order chi connectivity index (χ0) is 48.7. The van der Waals surface area contributed by atoms with Crippen LogP contribution in [-0.4, -0.2) is 115 Å². The third-order valence-electron chi connectivity index (χ3n) is 10.6. The van der Waals surface area contributed by atoms with Gasteiger partial charge in [0, 0.05) is 36.8 Å². The molecule has 1 aliphatic rings. The van der Waals surface area contributed by atoms with Crippen molar-refractivity contribution in [3.8, 4) is 0 Å². The van der Waals surface area contributed by atoms with Gasteiger partial charge >= 0.3 is 25.3 Å². The fourth-order valence-electron chi connectivity index (χ4n) is 7.56. The van der Waals surface area contributed by atoms with Gasteiger partial charge in [0.2, 0.25) is 17.8 Å². The van der Waals surface area contributed by atoms with E-state index in [1.54, 1.807) is 30.9 Å². The number of ketones is 1. The lowest BCUT2D eigenvalue weighted by Gasteiger charge is -2.28. The number of likely N-dealkylation sites (tertiary alicyclic amines) is 1. The normalized spacial score (nSPS) is 17.6. The molecule has 22 nitrogen and oxygen atoms in total. The Hall–Kier alpha value is -6.71. The summed E-state index contributed by atoms with van der Waals surface area (Å²) in [6, 6.07) is 12.0. The Morgan fingerprint density at radius 1 is 0.940 bits per heavy atom. The second-order valence-electron chi connectivity index (χ2n) is 15.3. The lowest BCUT2D eigenvalue weighted by Crippen LogP contribution is -2.45. The van der Waals surface area contributed by atoms with Gasteiger partial charge in [-0.05, 0) is 69.9 Å². The number of aromatic nitrogens is 4. The van der Waals surface area contributed by atoms with Crippen LogP contribution in [0.2, 0.25) is 0 Å². The van der Waals surface area contributed by atoms with Gasteiger partial charge in [-0.1, -0.05) is 36.4 Å². The average molecular weight is 948 g/mol. The van der Waals surface area contributed by atoms with E-state index in [1.165, 1.54) is 31.3 Å². The molecule has 23 heteroatoms. The average Bonchev–Trinajstić information content (AvgIpc) is 3.63. The van der Waals surface area contributed by atoms with E-state index in [9.17, 15) is 43.2 Å². The Morgan fingerprint density at radius 2 is 1.64 bits per heavy atom. The molecule has 358 valence electrons. The van der Waals surface area contributed by atoms with Crippen molar-refractivity contribution in [2.24, 2.45) is 11.8 Å². The van der Waals surface area contributed by atoms with Crippen molar-refractivity contribution in [1.82, 2.24) is 35.5 Å². The minimum absolute atomic E-state index is 0.0150. The van der Waals surface area contributed by atoms with Crippen LogP contribution in [0.5, 0.6) is 0 Å². The summed E-state index contributed by atoms with van der Waals surface area (Å²) in [7, 11) is -3.71. The molecule has 0 aliphatic carbocycles. The predicted molar refractivity (Wildman–Crippen MR) is 243 cm³/mol. The van der Waals surface area contributed by atoms with E-state index < -0.39 is 79.4 Å². The fraction of sp³-hybridized carbons (Fsp3) is 0.409. The van der Waals surface area contributed by atoms with E-state index in [1.807, 2.05) is 30.3 Å². The number of carbonyl (C=O) groups excluding carboxylic acids is 4. The maximum atomic E-state index is 14.4. The first-order valence-electron chi connectivity index (χ1n) is 21.5. The number of aromatic amines is 1. The van der Waals surface area contributed by atoms with Crippen molar-refractivity contribution in [3.05, 3.63) is 101 Å². The van der Waals surface area contributed by atoms with Crippen molar-refractivity contribution in [2.75, 3.05) is 37.0 Å². The summed E-state index contributed by atoms with van der Waals surface area (Å²) in [6.07, 6.45) is 2.98. The second kappa shape index (κ2) is 24.2. The number of unbranched alkanes of at least 4 members (excludes halogenated alkanes) is 1. The molecule has 7 N–H and O–H groups in total. The first-order chi connectivity index (χ1) is 32.1. The number of H-pyrrole nitrogens is 1. The quantitative estimate of drug-likeness (QED) is 0.0268. The Labute approximate surface area is 384 Å². The fourth-order valence-corrected chi connectivity index (χ4v) is 8.77. The number of nitrogens with one attached hydrogen (secondary N) is 5. The van der Waals surface area contributed by atoms with Crippen LogP contribution in [0.25, 0.3) is 11.2 Å². The van der Waals surface area contributed by atoms with Crippen molar-refractivity contribution in [1.29, 1.82) is 0 Å². The lowest BCUT2D eigenvalue weighted by molar-refractivity contribution is -0.140. The van der Waals surface area contributed by atoms with Gasteiger partial charge in [0.05, 0.1) is 56.1 Å². The molecule has 0 radical (unpaired) electrons. The third-order valence-corrected chi connectivity index (χ3v) is 12.2. The number of hydrogen-bond donors (Lipinski definition) is 7. The first kappa shape index (κ1) is 51.3. The van der Waals surface area contributed by atoms with Crippen molar-refractivity contribution >= 4 is 66.1 Å². The van der Waals surface area contributed by atoms with Crippen LogP contribution in [0.1, 0.15) is 68.1 Å². The molecular formula is C44H54N9O13P. The topological polar surface area (TPSA) is 311 Å². The van der Waals surface area contributed by atoms with Gasteiger partial charge in [0.1, 0.15) is 11.8 Å². The Balaban J connectivity index is 1.29. The van der Waals surface area contributed by atoms with Crippen molar-refractivity contribution in [2.45, 2.75) is 77.7 Å². The SMILES string of the molecule is C=C[C@H]1C(C(=O)NCCCCOP(=O)(OCC)OCC)C(C(=O)Nc2nc(=O)c3nc(CNc4ccc(C(=O)N[C@H](CCC(=O)O)C(=O)O)cc4)cnc3[nH]2)[C@@H](C(C)=O)N1Cc1ccccc1. The number of phosphoric ester groups is 1. The molecule has 2 unspecified atom stereocenters. The van der Waals surface area contributed by atoms with Crippen LogP contribution in [0.4, 0.5) is 11.6 Å². The first-order valence-corrected chi connectivity index (χ1v) is 22.9. The van der Waals surface area contributed by atoms with Crippen LogP contribution >= 0.6 is 7.82 Å². The number of amides is 3. The van der Waals surface area contributed by atoms with Gasteiger partial charge in [-0.2, -0.15) is 4.98 Å². The highest BCUT2D eigenvalue weighted by molar-refractivity contribution is 7.48. The van der Waals surface area contributed by atoms with Gasteiger partial charge in [-0.15, -0.1) is 6.58 Å². The number of nitrogens with zero attached hydrogens (tertiary/aromatic N) is 4. The third kappa shape index (κ3) is 13.9. The molecule has 3 heterocycles. The van der Waals surface area contributed by atoms with Gasteiger partial charge in [0.25, 0.3) is 5.91 Å². The number of hydrogen-bond acceptors (Lipinski definition) is 16. The molecule has 5 atom stereocenters. The molecular weight excluding hydrogens is 894 g/mol. The molecule has 2 aromatic heterocycles.